The monoisotopic (exact) mass is 420 g/mol. The maximum atomic E-state index is 6.12. The number of aliphatic imine (C=N–C) groups is 2. The fourth-order valence-electron chi connectivity index (χ4n) is 5.27. The third-order valence-electron chi connectivity index (χ3n) is 7.13. The number of hydrogen-bond donors (Lipinski definition) is 0. The van der Waals surface area contributed by atoms with Gasteiger partial charge in [0, 0.05) is 6.61 Å². The zero-order valence-corrected chi connectivity index (χ0v) is 21.6. The Morgan fingerprint density at radius 3 is 1.69 bits per heavy atom. The van der Waals surface area contributed by atoms with Crippen molar-refractivity contribution in [3.8, 4) is 0 Å². The van der Waals surface area contributed by atoms with Crippen LogP contribution in [0, 0.1) is 23.7 Å². The van der Waals surface area contributed by atoms with Crippen molar-refractivity contribution in [3.63, 3.8) is 0 Å². The molecule has 2 fully saturated rings. The van der Waals surface area contributed by atoms with Crippen molar-refractivity contribution < 1.29 is 4.43 Å². The van der Waals surface area contributed by atoms with E-state index in [0.29, 0.717) is 35.8 Å². The summed E-state index contributed by atoms with van der Waals surface area (Å²) in [6.07, 6.45) is 10.1. The molecule has 3 nitrogen and oxygen atoms in total. The molecule has 0 aromatic heterocycles. The van der Waals surface area contributed by atoms with Gasteiger partial charge in [0.05, 0.1) is 23.5 Å². The van der Waals surface area contributed by atoms with Crippen LogP contribution in [0.3, 0.4) is 0 Å². The van der Waals surface area contributed by atoms with Gasteiger partial charge in [0.1, 0.15) is 0 Å². The lowest BCUT2D eigenvalue weighted by Gasteiger charge is -2.33. The minimum Gasteiger partial charge on any atom is -0.418 e. The van der Waals surface area contributed by atoms with Crippen molar-refractivity contribution in [3.05, 3.63) is 0 Å². The summed E-state index contributed by atoms with van der Waals surface area (Å²) in [5.74, 6) is 2.76. The molecule has 29 heavy (non-hydrogen) atoms. The summed E-state index contributed by atoms with van der Waals surface area (Å²) in [7, 11) is -1.44. The van der Waals surface area contributed by atoms with Crippen molar-refractivity contribution in [2.24, 2.45) is 33.7 Å². The largest absolute Gasteiger partial charge is 0.418 e. The summed E-state index contributed by atoms with van der Waals surface area (Å²) in [5, 5.41) is 0. The number of nitrogens with zero attached hydrogens (tertiary/aromatic N) is 2. The van der Waals surface area contributed by atoms with Gasteiger partial charge in [-0.1, -0.05) is 40.5 Å². The van der Waals surface area contributed by atoms with Gasteiger partial charge in [0.15, 0.2) is 8.32 Å². The Bertz CT molecular complexity index is 546. The van der Waals surface area contributed by atoms with Gasteiger partial charge in [0.25, 0.3) is 0 Å². The molecule has 0 amide bonds. The van der Waals surface area contributed by atoms with Gasteiger partial charge in [-0.3, -0.25) is 9.98 Å². The highest BCUT2D eigenvalue weighted by Crippen LogP contribution is 2.33. The molecule has 2 aliphatic carbocycles. The molecule has 0 aromatic carbocycles. The average molecular weight is 421 g/mol. The van der Waals surface area contributed by atoms with Crippen molar-refractivity contribution in [1.29, 1.82) is 0 Å². The third-order valence-corrected chi connectivity index (χ3v) is 8.20. The first kappa shape index (κ1) is 24.8. The SMILES string of the molecule is CC(=NC1C(C)CCCC1C)C(CCCO[Si](C)(C)C)=NC1C(C)CCCC1C. The second-order valence-electron chi connectivity index (χ2n) is 11.1. The molecular formula is C25H48N2OSi. The maximum absolute atomic E-state index is 6.12. The van der Waals surface area contributed by atoms with E-state index < -0.39 is 8.32 Å². The molecule has 2 rings (SSSR count). The summed E-state index contributed by atoms with van der Waals surface area (Å²) < 4.78 is 6.12. The van der Waals surface area contributed by atoms with E-state index in [4.69, 9.17) is 14.4 Å². The second kappa shape index (κ2) is 11.2. The van der Waals surface area contributed by atoms with Crippen molar-refractivity contribution in [2.45, 2.75) is 118 Å². The van der Waals surface area contributed by atoms with E-state index in [9.17, 15) is 0 Å². The molecule has 2 saturated carbocycles. The molecule has 168 valence electrons. The van der Waals surface area contributed by atoms with E-state index in [2.05, 4.69) is 54.3 Å². The Hall–Kier alpha value is -0.483. The summed E-state index contributed by atoms with van der Waals surface area (Å²) in [4.78, 5) is 10.7. The fourth-order valence-corrected chi connectivity index (χ4v) is 6.03. The van der Waals surface area contributed by atoms with E-state index in [0.717, 1.165) is 19.4 Å². The molecule has 0 saturated heterocycles. The smallest absolute Gasteiger partial charge is 0.183 e. The first-order valence-electron chi connectivity index (χ1n) is 12.3. The van der Waals surface area contributed by atoms with E-state index in [1.807, 2.05) is 0 Å². The molecule has 4 atom stereocenters. The van der Waals surface area contributed by atoms with Crippen LogP contribution in [-0.2, 0) is 4.43 Å². The minimum atomic E-state index is -1.44. The topological polar surface area (TPSA) is 34.0 Å². The molecule has 4 unspecified atom stereocenters. The molecule has 0 N–H and O–H groups in total. The molecule has 0 aromatic rings. The highest BCUT2D eigenvalue weighted by atomic mass is 28.4. The van der Waals surface area contributed by atoms with Crippen LogP contribution in [0.2, 0.25) is 19.6 Å². The standard InChI is InChI=1S/C25H48N2OSi/c1-18-12-9-13-19(2)24(18)26-22(5)23(16-11-17-28-29(6,7)8)27-25-20(3)14-10-15-21(25)4/h18-21,24-25H,9-17H2,1-8H3. The molecule has 2 aliphatic rings. The molecular weight excluding hydrogens is 372 g/mol. The summed E-state index contributed by atoms with van der Waals surface area (Å²) in [6.45, 7) is 19.5. The van der Waals surface area contributed by atoms with Gasteiger partial charge in [-0.25, -0.2) is 0 Å². The lowest BCUT2D eigenvalue weighted by atomic mass is 9.78. The predicted molar refractivity (Wildman–Crippen MR) is 131 cm³/mol. The Morgan fingerprint density at radius 2 is 1.24 bits per heavy atom. The van der Waals surface area contributed by atoms with Gasteiger partial charge in [0.2, 0.25) is 0 Å². The summed E-state index contributed by atoms with van der Waals surface area (Å²) in [5.41, 5.74) is 2.47. The van der Waals surface area contributed by atoms with Gasteiger partial charge >= 0.3 is 0 Å². The van der Waals surface area contributed by atoms with E-state index >= 15 is 0 Å². The molecule has 0 spiro atoms. The maximum Gasteiger partial charge on any atom is 0.183 e. The summed E-state index contributed by atoms with van der Waals surface area (Å²) >= 11 is 0. The lowest BCUT2D eigenvalue weighted by molar-refractivity contribution is 0.251. The van der Waals surface area contributed by atoms with Crippen LogP contribution in [0.4, 0.5) is 0 Å². The van der Waals surface area contributed by atoms with Crippen molar-refractivity contribution >= 4 is 19.7 Å². The Morgan fingerprint density at radius 1 is 0.793 bits per heavy atom. The molecule has 0 heterocycles. The van der Waals surface area contributed by atoms with Crippen LogP contribution in [0.5, 0.6) is 0 Å². The van der Waals surface area contributed by atoms with Crippen LogP contribution in [0.15, 0.2) is 9.98 Å². The number of hydrogen-bond acceptors (Lipinski definition) is 3. The Kier molecular flexibility index (Phi) is 9.59. The predicted octanol–water partition coefficient (Wildman–Crippen LogP) is 7.17. The zero-order valence-electron chi connectivity index (χ0n) is 20.6. The first-order valence-corrected chi connectivity index (χ1v) is 15.7. The number of rotatable bonds is 8. The zero-order chi connectivity index (χ0) is 21.6. The van der Waals surface area contributed by atoms with Crippen LogP contribution in [-0.4, -0.2) is 38.4 Å². The third kappa shape index (κ3) is 7.94. The van der Waals surface area contributed by atoms with Crippen LogP contribution >= 0.6 is 0 Å². The van der Waals surface area contributed by atoms with Crippen LogP contribution in [0.1, 0.15) is 86.0 Å². The van der Waals surface area contributed by atoms with Gasteiger partial charge in [-0.05, 0) is 88.8 Å². The van der Waals surface area contributed by atoms with Gasteiger partial charge < -0.3 is 4.43 Å². The van der Waals surface area contributed by atoms with Crippen molar-refractivity contribution in [1.82, 2.24) is 0 Å². The normalized spacial score (nSPS) is 35.0. The summed E-state index contributed by atoms with van der Waals surface area (Å²) in [6, 6.07) is 0.927. The quantitative estimate of drug-likeness (QED) is 0.233. The fraction of sp³-hybridized carbons (Fsp3) is 0.920. The van der Waals surface area contributed by atoms with E-state index in [1.54, 1.807) is 0 Å². The highest BCUT2D eigenvalue weighted by molar-refractivity contribution is 6.69. The van der Waals surface area contributed by atoms with Gasteiger partial charge in [-0.15, -0.1) is 0 Å². The first-order chi connectivity index (χ1) is 13.6. The van der Waals surface area contributed by atoms with Crippen LogP contribution < -0.4 is 0 Å². The Balaban J connectivity index is 2.18. The average Bonchev–Trinajstić information content (AvgIpc) is 2.62. The minimum absolute atomic E-state index is 0.461. The Labute approximate surface area is 182 Å². The lowest BCUT2D eigenvalue weighted by Crippen LogP contribution is -2.33. The molecule has 0 bridgehead atoms. The van der Waals surface area contributed by atoms with Crippen molar-refractivity contribution in [2.75, 3.05) is 6.61 Å². The second-order valence-corrected chi connectivity index (χ2v) is 15.6. The molecule has 0 aliphatic heterocycles. The molecule has 0 radical (unpaired) electrons. The van der Waals surface area contributed by atoms with E-state index in [1.165, 1.54) is 49.9 Å². The van der Waals surface area contributed by atoms with Gasteiger partial charge in [-0.2, -0.15) is 0 Å². The van der Waals surface area contributed by atoms with E-state index in [-0.39, 0.29) is 0 Å². The molecule has 4 heteroatoms. The highest BCUT2D eigenvalue weighted by Gasteiger charge is 2.30. The van der Waals surface area contributed by atoms with Crippen LogP contribution in [0.25, 0.3) is 0 Å².